The molecule has 0 aliphatic carbocycles. The number of hydrogen-bond donors (Lipinski definition) is 0. The van der Waals surface area contributed by atoms with Crippen LogP contribution in [0.4, 0.5) is 14.4 Å². The standard InChI is InChI=1S/C32H32N4O14/c1-18(47-31(41)49-23-13-45-17-46-14-23)35-28(38)32(26-7-20-9-33-6-5-25(20)50-26,36(29(35)39)30(40)48-22-11-43-16-44-12-22)15-34-10-19-3-4-21(42-2)8-24(19)27(34)37/h3-9,18,22-23H,10-17H2,1-2H3/t18?,32-/m0/s1. The van der Waals surface area contributed by atoms with E-state index in [9.17, 15) is 24.0 Å². The van der Waals surface area contributed by atoms with Crippen molar-refractivity contribution >= 4 is 41.1 Å². The Morgan fingerprint density at radius 3 is 2.36 bits per heavy atom. The fraction of sp³-hybridized carbons (Fsp3) is 0.438. The quantitative estimate of drug-likeness (QED) is 0.246. The van der Waals surface area contributed by atoms with E-state index in [0.29, 0.717) is 32.1 Å². The number of urea groups is 1. The first-order chi connectivity index (χ1) is 24.2. The highest BCUT2D eigenvalue weighted by Gasteiger charge is 2.66. The largest absolute Gasteiger partial charge is 0.510 e. The van der Waals surface area contributed by atoms with E-state index >= 15 is 0 Å². The third-order valence-electron chi connectivity index (χ3n) is 8.58. The number of carbonyl (C=O) groups excluding carboxylic acids is 5. The number of carbonyl (C=O) groups is 5. The maximum absolute atomic E-state index is 14.9. The number of rotatable bonds is 8. The molecule has 3 aromatic rings. The van der Waals surface area contributed by atoms with Crippen LogP contribution in [-0.4, -0.2) is 122 Å². The fourth-order valence-corrected chi connectivity index (χ4v) is 6.22. The number of hydrogen-bond acceptors (Lipinski definition) is 15. The minimum atomic E-state index is -2.36. The van der Waals surface area contributed by atoms with Crippen LogP contribution in [0.5, 0.6) is 5.75 Å². The molecule has 0 radical (unpaired) electrons. The molecule has 2 aromatic heterocycles. The van der Waals surface area contributed by atoms with Gasteiger partial charge in [-0.1, -0.05) is 6.07 Å². The number of aromatic nitrogens is 1. The molecule has 50 heavy (non-hydrogen) atoms. The normalized spacial score (nSPS) is 22.2. The summed E-state index contributed by atoms with van der Waals surface area (Å²) in [6.45, 7) is 0.699. The molecule has 4 aliphatic heterocycles. The summed E-state index contributed by atoms with van der Waals surface area (Å²) in [7, 11) is 1.46. The van der Waals surface area contributed by atoms with E-state index in [2.05, 4.69) is 4.98 Å². The Labute approximate surface area is 283 Å². The van der Waals surface area contributed by atoms with Crippen LogP contribution < -0.4 is 4.74 Å². The van der Waals surface area contributed by atoms with Gasteiger partial charge in [-0.05, 0) is 36.8 Å². The highest BCUT2D eigenvalue weighted by Crippen LogP contribution is 2.44. The second-order valence-corrected chi connectivity index (χ2v) is 11.8. The number of furan rings is 1. The third-order valence-corrected chi connectivity index (χ3v) is 8.58. The van der Waals surface area contributed by atoms with Crippen molar-refractivity contribution in [2.75, 3.05) is 53.7 Å². The van der Waals surface area contributed by atoms with Crippen LogP contribution in [0, 0.1) is 0 Å². The van der Waals surface area contributed by atoms with Crippen molar-refractivity contribution in [3.8, 4) is 5.75 Å². The number of pyridine rings is 1. The minimum Gasteiger partial charge on any atom is -0.497 e. The van der Waals surface area contributed by atoms with Crippen LogP contribution in [0.15, 0.2) is 47.1 Å². The maximum Gasteiger partial charge on any atom is 0.510 e. The lowest BCUT2D eigenvalue weighted by molar-refractivity contribution is -0.163. The van der Waals surface area contributed by atoms with E-state index < -0.39 is 60.6 Å². The summed E-state index contributed by atoms with van der Waals surface area (Å²) in [5.41, 5.74) is -1.16. The molecule has 5 amide bonds. The molecule has 264 valence electrons. The zero-order chi connectivity index (χ0) is 35.0. The third kappa shape index (κ3) is 5.95. The highest BCUT2D eigenvalue weighted by atomic mass is 16.8. The van der Waals surface area contributed by atoms with Gasteiger partial charge < -0.3 is 47.2 Å². The minimum absolute atomic E-state index is 0.0142. The number of ether oxygens (including phenoxy) is 8. The Morgan fingerprint density at radius 2 is 1.68 bits per heavy atom. The average molecular weight is 697 g/mol. The molecule has 0 bridgehead atoms. The molecule has 1 aromatic carbocycles. The van der Waals surface area contributed by atoms with Gasteiger partial charge in [-0.25, -0.2) is 24.2 Å². The molecule has 3 saturated heterocycles. The van der Waals surface area contributed by atoms with Gasteiger partial charge in [0.1, 0.15) is 30.7 Å². The molecule has 2 atom stereocenters. The van der Waals surface area contributed by atoms with Crippen LogP contribution in [0.1, 0.15) is 28.6 Å². The zero-order valence-corrected chi connectivity index (χ0v) is 26.9. The van der Waals surface area contributed by atoms with Crippen LogP contribution >= 0.6 is 0 Å². The molecule has 1 unspecified atom stereocenters. The van der Waals surface area contributed by atoms with Crippen molar-refractivity contribution in [2.24, 2.45) is 0 Å². The Kier molecular flexibility index (Phi) is 9.00. The monoisotopic (exact) mass is 696 g/mol. The van der Waals surface area contributed by atoms with Crippen LogP contribution in [-0.2, 0) is 50.0 Å². The number of imide groups is 2. The van der Waals surface area contributed by atoms with Crippen molar-refractivity contribution in [2.45, 2.75) is 37.4 Å². The Morgan fingerprint density at radius 1 is 0.980 bits per heavy atom. The van der Waals surface area contributed by atoms with Gasteiger partial charge in [0.25, 0.3) is 11.8 Å². The van der Waals surface area contributed by atoms with E-state index in [0.717, 1.165) is 0 Å². The number of methoxy groups -OCH3 is 1. The predicted octanol–water partition coefficient (Wildman–Crippen LogP) is 2.33. The lowest BCUT2D eigenvalue weighted by Crippen LogP contribution is -2.57. The van der Waals surface area contributed by atoms with Crippen LogP contribution in [0.3, 0.4) is 0 Å². The second-order valence-electron chi connectivity index (χ2n) is 11.8. The molecule has 0 spiro atoms. The smallest absolute Gasteiger partial charge is 0.497 e. The van der Waals surface area contributed by atoms with E-state index in [1.165, 1.54) is 43.5 Å². The van der Waals surface area contributed by atoms with E-state index in [1.807, 2.05) is 0 Å². The molecule has 6 heterocycles. The molecule has 4 aliphatic rings. The molecule has 7 rings (SSSR count). The van der Waals surface area contributed by atoms with Crippen molar-refractivity contribution in [3.63, 3.8) is 0 Å². The van der Waals surface area contributed by atoms with Gasteiger partial charge in [-0.3, -0.25) is 14.6 Å². The van der Waals surface area contributed by atoms with Crippen molar-refractivity contribution < 1.29 is 66.3 Å². The zero-order valence-electron chi connectivity index (χ0n) is 26.9. The van der Waals surface area contributed by atoms with Crippen LogP contribution in [0.2, 0.25) is 0 Å². The topological polar surface area (TPSA) is 195 Å². The fourth-order valence-electron chi connectivity index (χ4n) is 6.22. The summed E-state index contributed by atoms with van der Waals surface area (Å²) in [5.74, 6) is -1.29. The molecule has 0 saturated carbocycles. The molecular formula is C32H32N4O14. The first-order valence-corrected chi connectivity index (χ1v) is 15.6. The number of nitrogens with zero attached hydrogens (tertiary/aromatic N) is 4. The van der Waals surface area contributed by atoms with Gasteiger partial charge in [-0.2, -0.15) is 0 Å². The lowest BCUT2D eigenvalue weighted by atomic mass is 9.93. The Hall–Kier alpha value is -5.30. The van der Waals surface area contributed by atoms with Crippen molar-refractivity contribution in [1.29, 1.82) is 0 Å². The van der Waals surface area contributed by atoms with Gasteiger partial charge in [0.15, 0.2) is 18.4 Å². The van der Waals surface area contributed by atoms with Crippen molar-refractivity contribution in [1.82, 2.24) is 19.7 Å². The summed E-state index contributed by atoms with van der Waals surface area (Å²) in [4.78, 5) is 76.7. The summed E-state index contributed by atoms with van der Waals surface area (Å²) < 4.78 is 48.5. The van der Waals surface area contributed by atoms with Crippen molar-refractivity contribution in [3.05, 3.63) is 59.6 Å². The number of benzene rings is 1. The predicted molar refractivity (Wildman–Crippen MR) is 162 cm³/mol. The SMILES string of the molecule is COc1ccc2c(c1)C(=O)N(C[C@]1(c3cc4cnccc4o3)C(=O)N(C(C)OC(=O)OC3COCOC3)C(=O)N1C(=O)OC1COCOC1)C2. The average Bonchev–Trinajstić information content (AvgIpc) is 3.75. The first kappa shape index (κ1) is 33.2. The molecule has 0 N–H and O–H groups in total. The summed E-state index contributed by atoms with van der Waals surface area (Å²) in [6, 6.07) is 6.72. The number of amides is 5. The Balaban J connectivity index is 1.29. The first-order valence-electron chi connectivity index (χ1n) is 15.6. The number of fused-ring (bicyclic) bond motifs is 2. The van der Waals surface area contributed by atoms with E-state index in [1.54, 1.807) is 18.2 Å². The Bertz CT molecular complexity index is 1790. The molecule has 3 fully saturated rings. The van der Waals surface area contributed by atoms with Gasteiger partial charge in [0.2, 0.25) is 5.54 Å². The molecule has 18 nitrogen and oxygen atoms in total. The van der Waals surface area contributed by atoms with Gasteiger partial charge in [0, 0.05) is 29.9 Å². The van der Waals surface area contributed by atoms with E-state index in [4.69, 9.17) is 42.3 Å². The lowest BCUT2D eigenvalue weighted by Gasteiger charge is -2.35. The van der Waals surface area contributed by atoms with Crippen LogP contribution in [0.25, 0.3) is 11.0 Å². The van der Waals surface area contributed by atoms with Gasteiger partial charge in [-0.15, -0.1) is 0 Å². The summed E-state index contributed by atoms with van der Waals surface area (Å²) in [6.07, 6.45) is -2.92. The maximum atomic E-state index is 14.9. The highest BCUT2D eigenvalue weighted by molar-refractivity contribution is 6.14. The van der Waals surface area contributed by atoms with Gasteiger partial charge in [0.05, 0.1) is 40.1 Å². The second kappa shape index (κ2) is 13.5. The van der Waals surface area contributed by atoms with Gasteiger partial charge >= 0.3 is 18.3 Å². The van der Waals surface area contributed by atoms with E-state index in [-0.39, 0.29) is 57.9 Å². The summed E-state index contributed by atoms with van der Waals surface area (Å²) >= 11 is 0. The molecular weight excluding hydrogens is 664 g/mol. The molecule has 18 heteroatoms. The summed E-state index contributed by atoms with van der Waals surface area (Å²) in [5, 5.41) is 0.438.